The first-order valence-corrected chi connectivity index (χ1v) is 7.78. The summed E-state index contributed by atoms with van der Waals surface area (Å²) in [5.41, 5.74) is 0.774. The number of nitrogens with one attached hydrogen (secondary N) is 2. The summed E-state index contributed by atoms with van der Waals surface area (Å²) in [5.74, 6) is 0.669. The number of nitrogens with zero attached hydrogens (tertiary/aromatic N) is 2. The van der Waals surface area contributed by atoms with Gasteiger partial charge in [0.15, 0.2) is 5.96 Å². The minimum atomic E-state index is -0.361. The Hall–Kier alpha value is -2.11. The molecule has 0 aromatic heterocycles. The fourth-order valence-corrected chi connectivity index (χ4v) is 2.22. The van der Waals surface area contributed by atoms with Gasteiger partial charge in [-0.3, -0.25) is 15.1 Å². The molecule has 0 aliphatic heterocycles. The molecule has 6 nitrogen and oxygen atoms in total. The summed E-state index contributed by atoms with van der Waals surface area (Å²) in [7, 11) is 1.70. The Kier molecular flexibility index (Phi) is 7.96. The molecule has 0 radical (unpaired) electrons. The van der Waals surface area contributed by atoms with Crippen molar-refractivity contribution in [3.63, 3.8) is 0 Å². The van der Waals surface area contributed by atoms with Crippen molar-refractivity contribution in [1.82, 2.24) is 10.6 Å². The van der Waals surface area contributed by atoms with Crippen LogP contribution in [-0.4, -0.2) is 24.0 Å². The van der Waals surface area contributed by atoms with Gasteiger partial charge < -0.3 is 10.6 Å². The maximum atomic E-state index is 11.0. The Morgan fingerprint density at radius 2 is 2.09 bits per heavy atom. The molecule has 0 aliphatic rings. The van der Waals surface area contributed by atoms with Gasteiger partial charge in [0.05, 0.1) is 4.92 Å². The fourth-order valence-electron chi connectivity index (χ4n) is 2.22. The second-order valence-electron chi connectivity index (χ2n) is 5.35. The standard InChI is InChI=1S/C16H26N4O2/c1-4-5-6-9-13(2)19-16(17-3)18-12-14-10-7-8-11-15(14)20(21)22/h7-8,10-11,13H,4-6,9,12H2,1-3H3,(H2,17,18,19). The van der Waals surface area contributed by atoms with Crippen LogP contribution in [0, 0.1) is 10.1 Å². The second-order valence-corrected chi connectivity index (χ2v) is 5.35. The van der Waals surface area contributed by atoms with Crippen molar-refractivity contribution in [3.8, 4) is 0 Å². The number of hydrogen-bond acceptors (Lipinski definition) is 3. The Bertz CT molecular complexity index is 503. The number of aliphatic imine (C=N–C) groups is 1. The first-order valence-electron chi connectivity index (χ1n) is 7.78. The van der Waals surface area contributed by atoms with Crippen LogP contribution in [0.1, 0.15) is 45.1 Å². The Morgan fingerprint density at radius 3 is 2.73 bits per heavy atom. The van der Waals surface area contributed by atoms with E-state index in [1.807, 2.05) is 0 Å². The van der Waals surface area contributed by atoms with E-state index in [9.17, 15) is 10.1 Å². The molecule has 0 heterocycles. The van der Waals surface area contributed by atoms with E-state index in [2.05, 4.69) is 29.5 Å². The Labute approximate surface area is 132 Å². The lowest BCUT2D eigenvalue weighted by atomic mass is 10.1. The van der Waals surface area contributed by atoms with Crippen LogP contribution in [0.4, 0.5) is 5.69 Å². The zero-order valence-corrected chi connectivity index (χ0v) is 13.6. The lowest BCUT2D eigenvalue weighted by molar-refractivity contribution is -0.385. The van der Waals surface area contributed by atoms with Gasteiger partial charge in [-0.15, -0.1) is 0 Å². The minimum Gasteiger partial charge on any atom is -0.354 e. The maximum absolute atomic E-state index is 11.0. The number of guanidine groups is 1. The highest BCUT2D eigenvalue weighted by atomic mass is 16.6. The van der Waals surface area contributed by atoms with Gasteiger partial charge >= 0.3 is 0 Å². The van der Waals surface area contributed by atoms with Crippen molar-refractivity contribution in [1.29, 1.82) is 0 Å². The molecule has 0 amide bonds. The van der Waals surface area contributed by atoms with E-state index in [1.165, 1.54) is 25.3 Å². The third-order valence-corrected chi connectivity index (χ3v) is 3.48. The molecular weight excluding hydrogens is 280 g/mol. The average molecular weight is 306 g/mol. The number of nitro benzene ring substituents is 1. The van der Waals surface area contributed by atoms with Gasteiger partial charge in [-0.2, -0.15) is 0 Å². The van der Waals surface area contributed by atoms with Gasteiger partial charge in [0.1, 0.15) is 0 Å². The Balaban J connectivity index is 2.53. The third kappa shape index (κ3) is 6.11. The highest BCUT2D eigenvalue weighted by Gasteiger charge is 2.12. The number of rotatable bonds is 8. The number of para-hydroxylation sites is 1. The summed E-state index contributed by atoms with van der Waals surface area (Å²) in [6.45, 7) is 4.68. The molecule has 122 valence electrons. The molecule has 0 aliphatic carbocycles. The maximum Gasteiger partial charge on any atom is 0.274 e. The number of hydrogen-bond donors (Lipinski definition) is 2. The molecule has 1 rings (SSSR count). The molecule has 0 saturated carbocycles. The van der Waals surface area contributed by atoms with Crippen molar-refractivity contribution >= 4 is 11.6 Å². The monoisotopic (exact) mass is 306 g/mol. The summed E-state index contributed by atoms with van der Waals surface area (Å²) in [5, 5.41) is 17.4. The van der Waals surface area contributed by atoms with Crippen LogP contribution in [0.15, 0.2) is 29.3 Å². The zero-order valence-electron chi connectivity index (χ0n) is 13.6. The summed E-state index contributed by atoms with van der Waals surface area (Å²) in [4.78, 5) is 14.8. The van der Waals surface area contributed by atoms with Gasteiger partial charge in [0, 0.05) is 31.3 Å². The van der Waals surface area contributed by atoms with E-state index < -0.39 is 0 Å². The molecule has 0 fully saturated rings. The van der Waals surface area contributed by atoms with Gasteiger partial charge in [0.25, 0.3) is 5.69 Å². The molecule has 1 aromatic carbocycles. The van der Waals surface area contributed by atoms with Crippen LogP contribution in [0.5, 0.6) is 0 Å². The predicted octanol–water partition coefficient (Wildman–Crippen LogP) is 3.23. The molecule has 0 bridgehead atoms. The molecular formula is C16H26N4O2. The lowest BCUT2D eigenvalue weighted by Gasteiger charge is -2.17. The average Bonchev–Trinajstić information content (AvgIpc) is 2.51. The van der Waals surface area contributed by atoms with E-state index in [1.54, 1.807) is 25.2 Å². The minimum absolute atomic E-state index is 0.126. The summed E-state index contributed by atoms with van der Waals surface area (Å²) in [6, 6.07) is 7.06. The molecule has 0 saturated heterocycles. The highest BCUT2D eigenvalue weighted by Crippen LogP contribution is 2.17. The molecule has 22 heavy (non-hydrogen) atoms. The number of nitro groups is 1. The topological polar surface area (TPSA) is 79.6 Å². The van der Waals surface area contributed by atoms with E-state index >= 15 is 0 Å². The summed E-state index contributed by atoms with van der Waals surface area (Å²) >= 11 is 0. The second kappa shape index (κ2) is 9.76. The third-order valence-electron chi connectivity index (χ3n) is 3.48. The van der Waals surface area contributed by atoms with E-state index in [4.69, 9.17) is 0 Å². The van der Waals surface area contributed by atoms with Crippen molar-refractivity contribution in [2.24, 2.45) is 4.99 Å². The molecule has 0 spiro atoms. The van der Waals surface area contributed by atoms with Crippen LogP contribution in [0.25, 0.3) is 0 Å². The van der Waals surface area contributed by atoms with E-state index in [0.29, 0.717) is 24.1 Å². The van der Waals surface area contributed by atoms with Crippen LogP contribution < -0.4 is 10.6 Å². The van der Waals surface area contributed by atoms with Crippen LogP contribution >= 0.6 is 0 Å². The van der Waals surface area contributed by atoms with E-state index in [0.717, 1.165) is 6.42 Å². The predicted molar refractivity (Wildman–Crippen MR) is 90.0 cm³/mol. The summed E-state index contributed by atoms with van der Waals surface area (Å²) < 4.78 is 0. The normalized spacial score (nSPS) is 12.8. The molecule has 6 heteroatoms. The van der Waals surface area contributed by atoms with E-state index in [-0.39, 0.29) is 10.6 Å². The van der Waals surface area contributed by atoms with Gasteiger partial charge in [-0.05, 0) is 13.3 Å². The quantitative estimate of drug-likeness (QED) is 0.254. The molecule has 1 aromatic rings. The van der Waals surface area contributed by atoms with Crippen LogP contribution in [-0.2, 0) is 6.54 Å². The first kappa shape index (κ1) is 17.9. The van der Waals surface area contributed by atoms with Crippen molar-refractivity contribution in [2.45, 2.75) is 52.1 Å². The molecule has 1 atom stereocenters. The smallest absolute Gasteiger partial charge is 0.274 e. The zero-order chi connectivity index (χ0) is 16.4. The van der Waals surface area contributed by atoms with Crippen molar-refractivity contribution in [2.75, 3.05) is 7.05 Å². The van der Waals surface area contributed by atoms with Crippen LogP contribution in [0.2, 0.25) is 0 Å². The SMILES string of the molecule is CCCCCC(C)NC(=NC)NCc1ccccc1[N+](=O)[O-]. The van der Waals surface area contributed by atoms with Crippen LogP contribution in [0.3, 0.4) is 0 Å². The fraction of sp³-hybridized carbons (Fsp3) is 0.562. The lowest BCUT2D eigenvalue weighted by Crippen LogP contribution is -2.41. The highest BCUT2D eigenvalue weighted by molar-refractivity contribution is 5.80. The number of benzene rings is 1. The van der Waals surface area contributed by atoms with Gasteiger partial charge in [-0.1, -0.05) is 44.4 Å². The van der Waals surface area contributed by atoms with Crippen molar-refractivity contribution in [3.05, 3.63) is 39.9 Å². The first-order chi connectivity index (χ1) is 10.6. The molecule has 1 unspecified atom stereocenters. The summed E-state index contributed by atoms with van der Waals surface area (Å²) in [6.07, 6.45) is 4.71. The number of unbranched alkanes of at least 4 members (excludes halogenated alkanes) is 2. The van der Waals surface area contributed by atoms with Crippen molar-refractivity contribution < 1.29 is 4.92 Å². The largest absolute Gasteiger partial charge is 0.354 e. The molecule has 2 N–H and O–H groups in total. The Morgan fingerprint density at radius 1 is 1.36 bits per heavy atom. The van der Waals surface area contributed by atoms with Gasteiger partial charge in [0.2, 0.25) is 0 Å². The van der Waals surface area contributed by atoms with Gasteiger partial charge in [-0.25, -0.2) is 0 Å².